The SMILES string of the molecule is C[I-](C)(C)C[C@H](NC1OC1N[C@@H](CCC(=O)O)C(=O)O)C(=O)O. The molecule has 0 aliphatic carbocycles. The van der Waals surface area contributed by atoms with Gasteiger partial charge in [-0.15, -0.1) is 0 Å². The van der Waals surface area contributed by atoms with E-state index in [1.54, 1.807) is 0 Å². The monoisotopic (exact) mass is 447 g/mol. The molecular formula is C13H24IN2O7-. The summed E-state index contributed by atoms with van der Waals surface area (Å²) in [7, 11) is 0. The molecule has 0 radical (unpaired) electrons. The first-order valence-electron chi connectivity index (χ1n) is 6.89. The number of alkyl halides is 4. The number of carboxylic acid groups (broad SMARTS) is 3. The molecule has 1 aliphatic rings. The van der Waals surface area contributed by atoms with E-state index in [0.717, 1.165) is 0 Å². The summed E-state index contributed by atoms with van der Waals surface area (Å²) in [5.41, 5.74) is 0. The molecule has 5 N–H and O–H groups in total. The van der Waals surface area contributed by atoms with Gasteiger partial charge in [0.05, 0.1) is 0 Å². The van der Waals surface area contributed by atoms with Crippen molar-refractivity contribution < 1.29 is 52.9 Å². The molecule has 1 rings (SSSR count). The number of epoxide rings is 1. The Bertz CT molecular complexity index is 466. The number of nitrogens with one attached hydrogen (secondary N) is 2. The van der Waals surface area contributed by atoms with Crippen LogP contribution in [0, 0.1) is 0 Å². The summed E-state index contributed by atoms with van der Waals surface area (Å²) in [5, 5.41) is 32.4. The van der Waals surface area contributed by atoms with E-state index < -0.39 is 60.9 Å². The summed E-state index contributed by atoms with van der Waals surface area (Å²) in [6, 6.07) is -1.78. The standard InChI is InChI=1S/C13H24IN2O7/c1-14(2,3)6-8(13(21)22)16-11-10(23-11)15-7(12(19)20)4-5-9(17)18/h7-8,10-11,15-16H,4-6H2,1-3H3,(H,17,18)(H,19,20)(H,21,22)/q-1/t7-,8-,10?,11?/m0/s1. The summed E-state index contributed by atoms with van der Waals surface area (Å²) >= 11 is -2.01. The van der Waals surface area contributed by atoms with Crippen molar-refractivity contribution in [1.82, 2.24) is 10.6 Å². The van der Waals surface area contributed by atoms with Gasteiger partial charge in [0, 0.05) is 0 Å². The average molecular weight is 447 g/mol. The van der Waals surface area contributed by atoms with Crippen LogP contribution < -0.4 is 29.1 Å². The molecule has 23 heavy (non-hydrogen) atoms. The third-order valence-corrected chi connectivity index (χ3v) is 6.61. The van der Waals surface area contributed by atoms with E-state index in [-0.39, 0.29) is 12.8 Å². The second-order valence-electron chi connectivity index (χ2n) is 6.11. The van der Waals surface area contributed by atoms with Crippen molar-refractivity contribution in [3.05, 3.63) is 0 Å². The summed E-state index contributed by atoms with van der Waals surface area (Å²) in [4.78, 5) is 39.2. The fraction of sp³-hybridized carbons (Fsp3) is 0.769. The number of carboxylic acids is 3. The number of halogens is 1. The van der Waals surface area contributed by atoms with Gasteiger partial charge >= 0.3 is 138 Å². The van der Waals surface area contributed by atoms with Crippen LogP contribution in [0.3, 0.4) is 0 Å². The number of aliphatic carboxylic acids is 3. The summed E-state index contributed by atoms with van der Waals surface area (Å²) in [6.45, 7) is 0. The molecule has 10 heteroatoms. The van der Waals surface area contributed by atoms with Gasteiger partial charge in [0.15, 0.2) is 0 Å². The normalized spacial score (nSPS) is 23.8. The van der Waals surface area contributed by atoms with Crippen LogP contribution >= 0.6 is 0 Å². The molecule has 4 atom stereocenters. The van der Waals surface area contributed by atoms with Gasteiger partial charge in [0.25, 0.3) is 0 Å². The van der Waals surface area contributed by atoms with Crippen molar-refractivity contribution in [3.63, 3.8) is 0 Å². The van der Waals surface area contributed by atoms with E-state index in [4.69, 9.17) is 14.9 Å². The van der Waals surface area contributed by atoms with Gasteiger partial charge in [-0.05, 0) is 0 Å². The number of ether oxygens (including phenoxy) is 1. The Morgan fingerprint density at radius 1 is 1.00 bits per heavy atom. The number of carbonyl (C=O) groups is 3. The Kier molecular flexibility index (Phi) is 7.17. The second-order valence-corrected chi connectivity index (χ2v) is 18.0. The van der Waals surface area contributed by atoms with Gasteiger partial charge in [0.1, 0.15) is 0 Å². The van der Waals surface area contributed by atoms with Crippen LogP contribution in [0.25, 0.3) is 0 Å². The molecule has 0 bridgehead atoms. The van der Waals surface area contributed by atoms with Crippen LogP contribution in [0.4, 0.5) is 0 Å². The van der Waals surface area contributed by atoms with E-state index in [2.05, 4.69) is 25.4 Å². The molecule has 1 fully saturated rings. The van der Waals surface area contributed by atoms with Crippen molar-refractivity contribution in [3.8, 4) is 0 Å². The Labute approximate surface area is 138 Å². The molecule has 2 unspecified atom stereocenters. The predicted octanol–water partition coefficient (Wildman–Crippen LogP) is -4.33. The zero-order valence-electron chi connectivity index (χ0n) is 13.3. The van der Waals surface area contributed by atoms with Gasteiger partial charge in [-0.3, -0.25) is 0 Å². The summed E-state index contributed by atoms with van der Waals surface area (Å²) in [6.07, 6.45) is -1.55. The Morgan fingerprint density at radius 2 is 1.48 bits per heavy atom. The summed E-state index contributed by atoms with van der Waals surface area (Å²) < 4.78 is 5.79. The van der Waals surface area contributed by atoms with E-state index in [9.17, 15) is 19.5 Å². The van der Waals surface area contributed by atoms with Crippen LogP contribution in [0.1, 0.15) is 12.8 Å². The number of hydrogen-bond acceptors (Lipinski definition) is 6. The minimum absolute atomic E-state index is 0.0729. The Morgan fingerprint density at radius 3 is 1.87 bits per heavy atom. The molecule has 0 spiro atoms. The average Bonchev–Trinajstić information content (AvgIpc) is 3.09. The first-order chi connectivity index (χ1) is 10.5. The van der Waals surface area contributed by atoms with Crippen molar-refractivity contribution >= 4 is 17.9 Å². The molecule has 1 saturated heterocycles. The first kappa shape index (κ1) is 20.1. The zero-order valence-corrected chi connectivity index (χ0v) is 15.4. The van der Waals surface area contributed by atoms with Gasteiger partial charge in [0.2, 0.25) is 0 Å². The van der Waals surface area contributed by atoms with Crippen molar-refractivity contribution in [1.29, 1.82) is 0 Å². The number of hydrogen-bond donors (Lipinski definition) is 5. The second kappa shape index (κ2) is 8.22. The van der Waals surface area contributed by atoms with E-state index in [1.165, 1.54) is 0 Å². The van der Waals surface area contributed by atoms with Crippen LogP contribution in [-0.4, -0.2) is 77.0 Å². The van der Waals surface area contributed by atoms with Crippen LogP contribution in [0.5, 0.6) is 0 Å². The van der Waals surface area contributed by atoms with Gasteiger partial charge in [-0.1, -0.05) is 0 Å². The molecule has 136 valence electrons. The van der Waals surface area contributed by atoms with Gasteiger partial charge in [-0.25, -0.2) is 0 Å². The molecule has 1 aliphatic heterocycles. The van der Waals surface area contributed by atoms with Crippen LogP contribution in [0.15, 0.2) is 0 Å². The Hall–Kier alpha value is -0.980. The van der Waals surface area contributed by atoms with Crippen molar-refractivity contribution in [2.75, 3.05) is 19.2 Å². The molecule has 0 aromatic rings. The topological polar surface area (TPSA) is 148 Å². The quantitative estimate of drug-likeness (QED) is 0.120. The molecule has 9 nitrogen and oxygen atoms in total. The predicted molar refractivity (Wildman–Crippen MR) is 77.3 cm³/mol. The van der Waals surface area contributed by atoms with Gasteiger partial charge in [-0.2, -0.15) is 0 Å². The summed E-state index contributed by atoms with van der Waals surface area (Å²) in [5.74, 6) is -3.20. The van der Waals surface area contributed by atoms with E-state index in [0.29, 0.717) is 4.43 Å². The molecule has 0 amide bonds. The van der Waals surface area contributed by atoms with Crippen LogP contribution in [0.2, 0.25) is 0 Å². The fourth-order valence-electron chi connectivity index (χ4n) is 1.95. The van der Waals surface area contributed by atoms with E-state index >= 15 is 0 Å². The molecule has 0 saturated carbocycles. The fourth-order valence-corrected chi connectivity index (χ4v) is 5.23. The molecule has 0 aromatic carbocycles. The third-order valence-electron chi connectivity index (χ3n) is 3.08. The van der Waals surface area contributed by atoms with Crippen LogP contribution in [-0.2, 0) is 19.1 Å². The van der Waals surface area contributed by atoms with E-state index in [1.807, 2.05) is 0 Å². The Balaban J connectivity index is 2.49. The third kappa shape index (κ3) is 7.90. The molecule has 1 heterocycles. The number of rotatable bonds is 11. The van der Waals surface area contributed by atoms with Gasteiger partial charge < -0.3 is 0 Å². The molecular weight excluding hydrogens is 423 g/mol. The zero-order chi connectivity index (χ0) is 17.8. The van der Waals surface area contributed by atoms with Crippen molar-refractivity contribution in [2.45, 2.75) is 37.4 Å². The van der Waals surface area contributed by atoms with Crippen molar-refractivity contribution in [2.24, 2.45) is 0 Å². The maximum absolute atomic E-state index is 11.3. The molecule has 0 aromatic heterocycles. The minimum atomic E-state index is -2.01. The first-order valence-corrected chi connectivity index (χ1v) is 14.9. The maximum atomic E-state index is 11.3.